The van der Waals surface area contributed by atoms with Gasteiger partial charge >= 0.3 is 12.1 Å². The maximum absolute atomic E-state index is 12.0. The van der Waals surface area contributed by atoms with Gasteiger partial charge in [0, 0.05) is 25.7 Å². The molecule has 2 rings (SSSR count). The normalized spacial score (nSPS) is 28.1. The van der Waals surface area contributed by atoms with Crippen LogP contribution in [-0.2, 0) is 9.53 Å². The highest BCUT2D eigenvalue weighted by molar-refractivity contribution is 5.72. The largest absolute Gasteiger partial charge is 0.481 e. The summed E-state index contributed by atoms with van der Waals surface area (Å²) < 4.78 is 5.34. The van der Waals surface area contributed by atoms with Gasteiger partial charge in [0.05, 0.1) is 5.92 Å². The first-order valence-corrected chi connectivity index (χ1v) is 6.73. The quantitative estimate of drug-likeness (QED) is 0.770. The third-order valence-corrected chi connectivity index (χ3v) is 3.69. The van der Waals surface area contributed by atoms with Crippen LogP contribution in [0.1, 0.15) is 27.2 Å². The van der Waals surface area contributed by atoms with Crippen LogP contribution < -0.4 is 0 Å². The maximum Gasteiger partial charge on any atom is 0.410 e. The Morgan fingerprint density at radius 3 is 2.47 bits per heavy atom. The van der Waals surface area contributed by atoms with Crippen molar-refractivity contribution in [1.82, 2.24) is 9.80 Å². The summed E-state index contributed by atoms with van der Waals surface area (Å²) >= 11 is 0. The highest BCUT2D eigenvalue weighted by Crippen LogP contribution is 2.28. The van der Waals surface area contributed by atoms with E-state index in [1.165, 1.54) is 0 Å². The van der Waals surface area contributed by atoms with Crippen LogP contribution in [0.15, 0.2) is 0 Å². The Balaban J connectivity index is 1.99. The Morgan fingerprint density at radius 2 is 1.89 bits per heavy atom. The van der Waals surface area contributed by atoms with Crippen LogP contribution in [0.2, 0.25) is 0 Å². The van der Waals surface area contributed by atoms with Gasteiger partial charge in [-0.3, -0.25) is 9.69 Å². The van der Waals surface area contributed by atoms with Crippen molar-refractivity contribution < 1.29 is 19.4 Å². The number of carbonyl (C=O) groups excluding carboxylic acids is 1. The summed E-state index contributed by atoms with van der Waals surface area (Å²) in [5.74, 6) is -1.14. The Bertz CT molecular complexity index is 377. The van der Waals surface area contributed by atoms with Gasteiger partial charge in [0.25, 0.3) is 0 Å². The monoisotopic (exact) mass is 270 g/mol. The van der Waals surface area contributed by atoms with E-state index in [9.17, 15) is 14.7 Å². The number of carbonyl (C=O) groups is 2. The molecule has 2 fully saturated rings. The Labute approximate surface area is 113 Å². The van der Waals surface area contributed by atoms with Crippen molar-refractivity contribution >= 4 is 12.1 Å². The highest BCUT2D eigenvalue weighted by atomic mass is 16.6. The lowest BCUT2D eigenvalue weighted by atomic mass is 9.99. The minimum Gasteiger partial charge on any atom is -0.481 e. The molecule has 0 spiro atoms. The average molecular weight is 270 g/mol. The molecule has 2 aliphatic heterocycles. The molecule has 0 bridgehead atoms. The summed E-state index contributed by atoms with van der Waals surface area (Å²) in [4.78, 5) is 27.0. The average Bonchev–Trinajstić information content (AvgIpc) is 2.68. The highest BCUT2D eigenvalue weighted by Gasteiger charge is 2.43. The molecule has 0 saturated carbocycles. The maximum atomic E-state index is 12.0. The second-order valence-corrected chi connectivity index (χ2v) is 6.26. The standard InChI is InChI=1S/C13H22N2O4/c1-13(2,3)19-12(18)15-7-6-14-5-4-9(11(16)17)10(14)8-15/h9-10H,4-8H2,1-3H3,(H,16,17). The summed E-state index contributed by atoms with van der Waals surface area (Å²) in [6.07, 6.45) is 0.325. The zero-order valence-corrected chi connectivity index (χ0v) is 11.8. The van der Waals surface area contributed by atoms with Gasteiger partial charge in [0.1, 0.15) is 5.60 Å². The molecule has 6 nitrogen and oxygen atoms in total. The zero-order chi connectivity index (χ0) is 14.2. The van der Waals surface area contributed by atoms with E-state index >= 15 is 0 Å². The summed E-state index contributed by atoms with van der Waals surface area (Å²) in [6.45, 7) is 8.09. The van der Waals surface area contributed by atoms with Gasteiger partial charge in [-0.2, -0.15) is 0 Å². The van der Waals surface area contributed by atoms with Crippen molar-refractivity contribution in [3.05, 3.63) is 0 Å². The molecule has 0 aromatic heterocycles. The molecule has 0 aliphatic carbocycles. The Hall–Kier alpha value is -1.30. The fourth-order valence-electron chi connectivity index (χ4n) is 2.78. The molecule has 108 valence electrons. The smallest absolute Gasteiger partial charge is 0.410 e. The van der Waals surface area contributed by atoms with Gasteiger partial charge in [-0.25, -0.2) is 4.79 Å². The molecule has 1 amide bonds. The number of aliphatic carboxylic acids is 1. The van der Waals surface area contributed by atoms with E-state index in [1.54, 1.807) is 4.90 Å². The summed E-state index contributed by atoms with van der Waals surface area (Å²) in [6, 6.07) is -0.0706. The SMILES string of the molecule is CC(C)(C)OC(=O)N1CCN2CCC(C(=O)O)C2C1. The molecule has 6 heteroatoms. The van der Waals surface area contributed by atoms with Gasteiger partial charge in [-0.1, -0.05) is 0 Å². The number of carboxylic acid groups (broad SMARTS) is 1. The number of piperazine rings is 1. The van der Waals surface area contributed by atoms with E-state index in [-0.39, 0.29) is 18.1 Å². The number of amides is 1. The second-order valence-electron chi connectivity index (χ2n) is 6.26. The number of carboxylic acids is 1. The first-order chi connectivity index (χ1) is 8.78. The first kappa shape index (κ1) is 14.1. The summed E-state index contributed by atoms with van der Waals surface area (Å²) in [7, 11) is 0. The van der Waals surface area contributed by atoms with Crippen molar-refractivity contribution in [2.75, 3.05) is 26.2 Å². The molecule has 0 radical (unpaired) electrons. The van der Waals surface area contributed by atoms with Crippen molar-refractivity contribution in [3.63, 3.8) is 0 Å². The molecule has 2 unspecified atom stereocenters. The van der Waals surface area contributed by atoms with E-state index in [0.29, 0.717) is 19.5 Å². The third kappa shape index (κ3) is 3.18. The molecule has 1 N–H and O–H groups in total. The van der Waals surface area contributed by atoms with Crippen molar-refractivity contribution in [2.45, 2.75) is 38.8 Å². The number of fused-ring (bicyclic) bond motifs is 1. The minimum atomic E-state index is -0.765. The number of ether oxygens (including phenoxy) is 1. The van der Waals surface area contributed by atoms with E-state index in [2.05, 4.69) is 4.90 Å². The predicted octanol–water partition coefficient (Wildman–Crippen LogP) is 1.01. The van der Waals surface area contributed by atoms with Crippen LogP contribution in [0.25, 0.3) is 0 Å². The molecule has 0 aromatic carbocycles. The fraction of sp³-hybridized carbons (Fsp3) is 0.846. The molecule has 19 heavy (non-hydrogen) atoms. The minimum absolute atomic E-state index is 0.0706. The number of hydrogen-bond acceptors (Lipinski definition) is 4. The third-order valence-electron chi connectivity index (χ3n) is 3.69. The van der Waals surface area contributed by atoms with E-state index in [4.69, 9.17) is 4.74 Å². The van der Waals surface area contributed by atoms with Gasteiger partial charge < -0.3 is 14.7 Å². The van der Waals surface area contributed by atoms with Gasteiger partial charge in [-0.15, -0.1) is 0 Å². The lowest BCUT2D eigenvalue weighted by Gasteiger charge is -2.39. The predicted molar refractivity (Wildman–Crippen MR) is 68.9 cm³/mol. The number of rotatable bonds is 1. The zero-order valence-electron chi connectivity index (χ0n) is 11.8. The van der Waals surface area contributed by atoms with Crippen LogP contribution in [0, 0.1) is 5.92 Å². The Morgan fingerprint density at radius 1 is 1.21 bits per heavy atom. The lowest BCUT2D eigenvalue weighted by molar-refractivity contribution is -0.143. The molecule has 2 aliphatic rings. The fourth-order valence-corrected chi connectivity index (χ4v) is 2.78. The molecular formula is C13H22N2O4. The van der Waals surface area contributed by atoms with E-state index in [0.717, 1.165) is 13.1 Å². The molecule has 2 saturated heterocycles. The molecule has 2 atom stereocenters. The van der Waals surface area contributed by atoms with Crippen molar-refractivity contribution in [2.24, 2.45) is 5.92 Å². The topological polar surface area (TPSA) is 70.1 Å². The van der Waals surface area contributed by atoms with Gasteiger partial charge in [-0.05, 0) is 33.7 Å². The van der Waals surface area contributed by atoms with E-state index < -0.39 is 11.6 Å². The summed E-state index contributed by atoms with van der Waals surface area (Å²) in [5, 5.41) is 9.20. The van der Waals surface area contributed by atoms with Crippen LogP contribution in [0.3, 0.4) is 0 Å². The second kappa shape index (κ2) is 5.00. The Kier molecular flexibility index (Phi) is 3.71. The van der Waals surface area contributed by atoms with Crippen LogP contribution >= 0.6 is 0 Å². The molecular weight excluding hydrogens is 248 g/mol. The van der Waals surface area contributed by atoms with Crippen LogP contribution in [0.5, 0.6) is 0 Å². The molecule has 2 heterocycles. The van der Waals surface area contributed by atoms with Gasteiger partial charge in [0.2, 0.25) is 0 Å². The lowest BCUT2D eigenvalue weighted by Crippen LogP contribution is -2.55. The summed E-state index contributed by atoms with van der Waals surface area (Å²) in [5.41, 5.74) is -0.518. The van der Waals surface area contributed by atoms with Crippen LogP contribution in [0.4, 0.5) is 4.79 Å². The van der Waals surface area contributed by atoms with Crippen molar-refractivity contribution in [3.8, 4) is 0 Å². The van der Waals surface area contributed by atoms with Crippen LogP contribution in [-0.4, -0.2) is 64.8 Å². The number of hydrogen-bond donors (Lipinski definition) is 1. The van der Waals surface area contributed by atoms with Gasteiger partial charge in [0.15, 0.2) is 0 Å². The molecule has 0 aromatic rings. The van der Waals surface area contributed by atoms with E-state index in [1.807, 2.05) is 20.8 Å². The van der Waals surface area contributed by atoms with Crippen molar-refractivity contribution in [1.29, 1.82) is 0 Å². The number of nitrogens with zero attached hydrogens (tertiary/aromatic N) is 2. The first-order valence-electron chi connectivity index (χ1n) is 6.73.